The summed E-state index contributed by atoms with van der Waals surface area (Å²) in [5, 5.41) is 37.0. The van der Waals surface area contributed by atoms with Crippen molar-refractivity contribution in [2.75, 3.05) is 40.1 Å². The molecule has 3 aliphatic rings. The third kappa shape index (κ3) is 9.81. The minimum Gasteiger partial charge on any atom is -0.458 e. The van der Waals surface area contributed by atoms with Crippen LogP contribution in [-0.2, 0) is 74.6 Å². The molecule has 22 heteroatoms. The average molecular weight is 929 g/mol. The van der Waals surface area contributed by atoms with Crippen molar-refractivity contribution in [2.24, 2.45) is 0 Å². The van der Waals surface area contributed by atoms with Gasteiger partial charge in [-0.25, -0.2) is 19.0 Å². The van der Waals surface area contributed by atoms with E-state index in [1.54, 1.807) is 44.2 Å². The van der Waals surface area contributed by atoms with Gasteiger partial charge < -0.3 is 60.9 Å². The van der Waals surface area contributed by atoms with E-state index in [1.165, 1.54) is 16.7 Å². The Hall–Kier alpha value is -7.30. The second-order valence-corrected chi connectivity index (χ2v) is 16.1. The predicted molar refractivity (Wildman–Crippen MR) is 232 cm³/mol. The van der Waals surface area contributed by atoms with Crippen molar-refractivity contribution in [3.05, 3.63) is 97.6 Å². The highest BCUT2D eigenvalue weighted by molar-refractivity contribution is 5.95. The number of nitrogens with one attached hydrogen (secondary N) is 6. The molecule has 0 saturated carbocycles. The normalized spacial score (nSPS) is 17.4. The molecule has 67 heavy (non-hydrogen) atoms. The molecule has 0 saturated heterocycles. The van der Waals surface area contributed by atoms with Crippen LogP contribution in [-0.4, -0.2) is 114 Å². The number of cyclic esters (lactones) is 1. The molecular formula is C45H49FN8O13. The molecule has 4 heterocycles. The number of halogens is 1. The maximum Gasteiger partial charge on any atom is 0.407 e. The summed E-state index contributed by atoms with van der Waals surface area (Å²) >= 11 is 0. The number of esters is 1. The first kappa shape index (κ1) is 47.7. The highest BCUT2D eigenvalue weighted by Gasteiger charge is 2.46. The quantitative estimate of drug-likeness (QED) is 0.0427. The monoisotopic (exact) mass is 928 g/mol. The number of hydrogen-bond acceptors (Lipinski definition) is 14. The fourth-order valence-electron chi connectivity index (χ4n) is 8.52. The van der Waals surface area contributed by atoms with Crippen LogP contribution in [0.1, 0.15) is 64.8 Å². The number of aryl methyl sites for hydroxylation is 1. The summed E-state index contributed by atoms with van der Waals surface area (Å²) in [5.74, 6) is -5.03. The number of carbonyl (C=O) groups is 7. The first-order valence-corrected chi connectivity index (χ1v) is 21.4. The Kier molecular flexibility index (Phi) is 14.3. The van der Waals surface area contributed by atoms with E-state index in [-0.39, 0.29) is 49.1 Å². The third-order valence-corrected chi connectivity index (χ3v) is 12.1. The van der Waals surface area contributed by atoms with Crippen molar-refractivity contribution in [3.63, 3.8) is 0 Å². The molecule has 21 nitrogen and oxygen atoms in total. The number of hydrogen-bond donors (Lipinski definition) is 8. The number of rotatable bonds is 17. The molecule has 2 aromatic carbocycles. The van der Waals surface area contributed by atoms with Gasteiger partial charge in [-0.1, -0.05) is 37.3 Å². The molecule has 0 unspecified atom stereocenters. The van der Waals surface area contributed by atoms with Gasteiger partial charge in [0.25, 0.3) is 11.5 Å². The number of aliphatic hydroxyl groups is 2. The SMILES string of the molecule is CC[C@@]1(O)C(=O)OCc2c1cc1n(c2=O)Cc2c-1nc1cc(F)c(C)c3c1c2[C@@H](NC(=O)[C@@H](CO)OCNC(=O)CNC(=O)[C@H](Cc1ccccc1)NC(=O)CNC(=O)CNC(=O)OC)CC3. The number of pyridine rings is 2. The Morgan fingerprint density at radius 3 is 2.39 bits per heavy atom. The van der Waals surface area contributed by atoms with Crippen LogP contribution in [0, 0.1) is 12.7 Å². The first-order valence-electron chi connectivity index (χ1n) is 21.4. The second kappa shape index (κ2) is 20.1. The Morgan fingerprint density at radius 2 is 1.67 bits per heavy atom. The lowest BCUT2D eigenvalue weighted by atomic mass is 9.81. The van der Waals surface area contributed by atoms with E-state index in [0.717, 1.165) is 7.11 Å². The summed E-state index contributed by atoms with van der Waals surface area (Å²) in [7, 11) is 1.12. The zero-order chi connectivity index (χ0) is 48.2. The van der Waals surface area contributed by atoms with Gasteiger partial charge >= 0.3 is 12.1 Å². The van der Waals surface area contributed by atoms with Crippen molar-refractivity contribution in [2.45, 2.75) is 76.5 Å². The lowest BCUT2D eigenvalue weighted by Crippen LogP contribution is -2.52. The van der Waals surface area contributed by atoms with Crippen molar-refractivity contribution in [1.29, 1.82) is 0 Å². The minimum atomic E-state index is -2.07. The molecule has 4 atom stereocenters. The van der Waals surface area contributed by atoms with Crippen LogP contribution in [0.25, 0.3) is 22.3 Å². The molecule has 0 bridgehead atoms. The molecule has 4 aromatic rings. The topological polar surface area (TPSA) is 295 Å². The van der Waals surface area contributed by atoms with Crippen LogP contribution in [0.5, 0.6) is 0 Å². The Bertz CT molecular complexity index is 2730. The fourth-order valence-corrected chi connectivity index (χ4v) is 8.52. The second-order valence-electron chi connectivity index (χ2n) is 16.1. The summed E-state index contributed by atoms with van der Waals surface area (Å²) < 4.78 is 32.0. The number of aliphatic hydroxyl groups excluding tert-OH is 1. The van der Waals surface area contributed by atoms with Crippen LogP contribution >= 0.6 is 0 Å². The van der Waals surface area contributed by atoms with Gasteiger partial charge in [-0.05, 0) is 54.5 Å². The van der Waals surface area contributed by atoms with Crippen molar-refractivity contribution in [3.8, 4) is 11.4 Å². The van der Waals surface area contributed by atoms with Crippen LogP contribution < -0.4 is 37.5 Å². The number of nitrogens with zero attached hydrogens (tertiary/aromatic N) is 2. The van der Waals surface area contributed by atoms with Crippen LogP contribution in [0.4, 0.5) is 9.18 Å². The van der Waals surface area contributed by atoms with Crippen molar-refractivity contribution in [1.82, 2.24) is 41.5 Å². The summed E-state index contributed by atoms with van der Waals surface area (Å²) in [6.45, 7) is -0.0152. The number of benzene rings is 2. The van der Waals surface area contributed by atoms with E-state index in [2.05, 4.69) is 36.6 Å². The summed E-state index contributed by atoms with van der Waals surface area (Å²) in [5.41, 5.74) is 1.43. The van der Waals surface area contributed by atoms with Gasteiger partial charge in [-0.2, -0.15) is 0 Å². The minimum absolute atomic E-state index is 0.00748. The number of alkyl carbamates (subject to hydrolysis) is 1. The van der Waals surface area contributed by atoms with Gasteiger partial charge in [-0.3, -0.25) is 28.8 Å². The largest absolute Gasteiger partial charge is 0.458 e. The van der Waals surface area contributed by atoms with Crippen LogP contribution in [0.3, 0.4) is 0 Å². The highest BCUT2D eigenvalue weighted by atomic mass is 19.1. The van der Waals surface area contributed by atoms with Crippen molar-refractivity contribution >= 4 is 52.5 Å². The number of aromatic nitrogens is 2. The molecule has 6 amide bonds. The van der Waals surface area contributed by atoms with Crippen LogP contribution in [0.15, 0.2) is 47.3 Å². The van der Waals surface area contributed by atoms with E-state index in [1.807, 2.05) is 0 Å². The maximum absolute atomic E-state index is 15.4. The molecule has 0 fully saturated rings. The van der Waals surface area contributed by atoms with Gasteiger partial charge in [-0.15, -0.1) is 0 Å². The molecule has 0 radical (unpaired) electrons. The zero-order valence-corrected chi connectivity index (χ0v) is 36.7. The van der Waals surface area contributed by atoms with Gasteiger partial charge in [0.15, 0.2) is 11.7 Å². The lowest BCUT2D eigenvalue weighted by Gasteiger charge is -2.31. The number of fused-ring (bicyclic) bond motifs is 5. The van der Waals surface area contributed by atoms with Gasteiger partial charge in [0.05, 0.1) is 61.9 Å². The molecular weight excluding hydrogens is 880 g/mol. The molecule has 1 aliphatic carbocycles. The van der Waals surface area contributed by atoms with E-state index >= 15 is 4.39 Å². The number of carbonyl (C=O) groups excluding carboxylic acids is 7. The Morgan fingerprint density at radius 1 is 0.955 bits per heavy atom. The Balaban J connectivity index is 1.00. The average Bonchev–Trinajstić information content (AvgIpc) is 3.69. The fraction of sp³-hybridized carbons (Fsp3) is 0.400. The number of methoxy groups -OCH3 is 1. The van der Waals surface area contributed by atoms with Gasteiger partial charge in [0, 0.05) is 29.0 Å². The highest BCUT2D eigenvalue weighted by Crippen LogP contribution is 2.46. The molecule has 2 aliphatic heterocycles. The number of amides is 6. The lowest BCUT2D eigenvalue weighted by molar-refractivity contribution is -0.172. The summed E-state index contributed by atoms with van der Waals surface area (Å²) in [6.07, 6.45) is -1.74. The standard InChI is InChI=1S/C45H49FN8O13/c1-4-45(64)27-13-32-39-25(18-54(32)42(61)26(27)20-66-43(45)62)38-29(11-10-24-22(2)28(46)14-30(52-39)37(24)38)53-41(60)33(19-55)67-21-50-35(57)15-48-40(59)31(12-23-8-6-5-7-9-23)51-36(58)17-47-34(56)16-49-44(63)65-3/h5-9,13-14,29,31,33,55,64H,4,10-12,15-21H2,1-3H3,(H,47,56)(H,48,59)(H,49,63)(H,50,57)(H,51,58)(H,53,60)/t29-,31-,33+,45-/m0/s1. The summed E-state index contributed by atoms with van der Waals surface area (Å²) in [6, 6.07) is 9.59. The summed E-state index contributed by atoms with van der Waals surface area (Å²) in [4.78, 5) is 107. The van der Waals surface area contributed by atoms with Crippen LogP contribution in [0.2, 0.25) is 0 Å². The first-order chi connectivity index (χ1) is 32.1. The predicted octanol–water partition coefficient (Wildman–Crippen LogP) is -0.602. The molecule has 354 valence electrons. The zero-order valence-electron chi connectivity index (χ0n) is 36.7. The van der Waals surface area contributed by atoms with E-state index in [0.29, 0.717) is 51.0 Å². The number of ether oxygens (including phenoxy) is 3. The van der Waals surface area contributed by atoms with E-state index in [4.69, 9.17) is 14.5 Å². The maximum atomic E-state index is 15.4. The van der Waals surface area contributed by atoms with Gasteiger partial charge in [0.1, 0.15) is 31.7 Å². The Labute approximate surface area is 381 Å². The molecule has 0 spiro atoms. The molecule has 8 N–H and O–H groups in total. The van der Waals surface area contributed by atoms with Gasteiger partial charge in [0.2, 0.25) is 23.6 Å². The van der Waals surface area contributed by atoms with E-state index < -0.39 is 110 Å². The molecule has 7 rings (SSSR count). The smallest absolute Gasteiger partial charge is 0.407 e. The van der Waals surface area contributed by atoms with E-state index in [9.17, 15) is 48.6 Å². The molecule has 2 aromatic heterocycles. The van der Waals surface area contributed by atoms with Crippen molar-refractivity contribution < 1.29 is 62.4 Å². The third-order valence-electron chi connectivity index (χ3n) is 12.1.